The molecule has 0 amide bonds. The van der Waals surface area contributed by atoms with Crippen LogP contribution in [0.2, 0.25) is 0 Å². The summed E-state index contributed by atoms with van der Waals surface area (Å²) in [6.45, 7) is 8.21. The fraction of sp³-hybridized carbons (Fsp3) is 0.600. The fourth-order valence-electron chi connectivity index (χ4n) is 3.77. The molecular formula is C20H30N4O. The Balaban J connectivity index is 1.53. The van der Waals surface area contributed by atoms with E-state index in [1.165, 1.54) is 28.7 Å². The van der Waals surface area contributed by atoms with Crippen molar-refractivity contribution in [2.24, 2.45) is 13.0 Å². The minimum atomic E-state index is 0.00506. The van der Waals surface area contributed by atoms with E-state index in [1.807, 2.05) is 11.5 Å². The standard InChI is InChI=1S/C20H30N4O/c1-4-16-6-8-18(9-7-16)15-23-12-10-17(11-13-23)14-19-21-22(3)20(25)24(19)5-2/h6-9,17H,4-5,10-15H2,1-3H3. The van der Waals surface area contributed by atoms with Crippen LogP contribution in [0.1, 0.15) is 43.6 Å². The van der Waals surface area contributed by atoms with Gasteiger partial charge in [-0.15, -0.1) is 0 Å². The van der Waals surface area contributed by atoms with Crippen molar-refractivity contribution in [3.8, 4) is 0 Å². The van der Waals surface area contributed by atoms with E-state index in [9.17, 15) is 4.79 Å². The third-order valence-corrected chi connectivity index (χ3v) is 5.42. The van der Waals surface area contributed by atoms with E-state index in [2.05, 4.69) is 41.2 Å². The van der Waals surface area contributed by atoms with Crippen LogP contribution in [0.15, 0.2) is 29.1 Å². The number of aryl methyl sites for hydroxylation is 2. The van der Waals surface area contributed by atoms with Crippen molar-refractivity contribution in [1.82, 2.24) is 19.2 Å². The number of piperidine rings is 1. The minimum Gasteiger partial charge on any atom is -0.299 e. The highest BCUT2D eigenvalue weighted by atomic mass is 16.2. The Morgan fingerprint density at radius 3 is 2.32 bits per heavy atom. The van der Waals surface area contributed by atoms with Crippen LogP contribution in [0.3, 0.4) is 0 Å². The van der Waals surface area contributed by atoms with Gasteiger partial charge in [0.15, 0.2) is 0 Å². The Kier molecular flexibility index (Phi) is 5.74. The van der Waals surface area contributed by atoms with Crippen LogP contribution in [0.5, 0.6) is 0 Å². The molecule has 1 aromatic carbocycles. The molecule has 0 unspecified atom stereocenters. The van der Waals surface area contributed by atoms with Crippen molar-refractivity contribution < 1.29 is 0 Å². The fourth-order valence-corrected chi connectivity index (χ4v) is 3.77. The first kappa shape index (κ1) is 17.9. The Hall–Kier alpha value is -1.88. The zero-order valence-corrected chi connectivity index (χ0v) is 15.7. The lowest BCUT2D eigenvalue weighted by molar-refractivity contribution is 0.175. The lowest BCUT2D eigenvalue weighted by Crippen LogP contribution is -2.34. The van der Waals surface area contributed by atoms with E-state index in [-0.39, 0.29) is 5.69 Å². The molecule has 136 valence electrons. The molecule has 0 bridgehead atoms. The van der Waals surface area contributed by atoms with E-state index in [1.54, 1.807) is 7.05 Å². The van der Waals surface area contributed by atoms with Gasteiger partial charge in [0.2, 0.25) is 0 Å². The third-order valence-electron chi connectivity index (χ3n) is 5.42. The van der Waals surface area contributed by atoms with Gasteiger partial charge in [0.25, 0.3) is 0 Å². The number of rotatable bonds is 6. The Morgan fingerprint density at radius 2 is 1.72 bits per heavy atom. The molecule has 1 fully saturated rings. The molecule has 5 nitrogen and oxygen atoms in total. The quantitative estimate of drug-likeness (QED) is 0.810. The van der Waals surface area contributed by atoms with Crippen molar-refractivity contribution in [1.29, 1.82) is 0 Å². The second-order valence-electron chi connectivity index (χ2n) is 7.16. The van der Waals surface area contributed by atoms with Crippen LogP contribution >= 0.6 is 0 Å². The van der Waals surface area contributed by atoms with Gasteiger partial charge in [-0.3, -0.25) is 9.47 Å². The summed E-state index contributed by atoms with van der Waals surface area (Å²) in [5.41, 5.74) is 2.81. The van der Waals surface area contributed by atoms with Crippen LogP contribution in [-0.4, -0.2) is 32.3 Å². The lowest BCUT2D eigenvalue weighted by atomic mass is 9.93. The van der Waals surface area contributed by atoms with Gasteiger partial charge in [0.1, 0.15) is 5.82 Å². The summed E-state index contributed by atoms with van der Waals surface area (Å²) in [6, 6.07) is 9.01. The van der Waals surface area contributed by atoms with Gasteiger partial charge in [-0.1, -0.05) is 31.2 Å². The molecule has 0 aliphatic carbocycles. The molecule has 3 rings (SSSR count). The van der Waals surface area contributed by atoms with E-state index in [0.717, 1.165) is 38.3 Å². The van der Waals surface area contributed by atoms with E-state index in [0.29, 0.717) is 12.5 Å². The second kappa shape index (κ2) is 8.00. The maximum Gasteiger partial charge on any atom is 0.345 e. The molecule has 0 saturated carbocycles. The van der Waals surface area contributed by atoms with Crippen LogP contribution in [0.25, 0.3) is 0 Å². The number of nitrogens with zero attached hydrogens (tertiary/aromatic N) is 4. The lowest BCUT2D eigenvalue weighted by Gasteiger charge is -2.31. The summed E-state index contributed by atoms with van der Waals surface area (Å²) in [4.78, 5) is 14.6. The molecule has 1 aliphatic rings. The van der Waals surface area contributed by atoms with E-state index in [4.69, 9.17) is 0 Å². The van der Waals surface area contributed by atoms with Gasteiger partial charge in [0.05, 0.1) is 0 Å². The molecular weight excluding hydrogens is 312 g/mol. The molecule has 2 aromatic rings. The van der Waals surface area contributed by atoms with Crippen LogP contribution in [-0.2, 0) is 33.0 Å². The third kappa shape index (κ3) is 4.21. The Labute approximate surface area is 150 Å². The highest BCUT2D eigenvalue weighted by Crippen LogP contribution is 2.22. The predicted octanol–water partition coefficient (Wildman–Crippen LogP) is 2.62. The molecule has 1 aliphatic heterocycles. The molecule has 0 spiro atoms. The smallest absolute Gasteiger partial charge is 0.299 e. The molecule has 5 heteroatoms. The number of hydrogen-bond acceptors (Lipinski definition) is 3. The largest absolute Gasteiger partial charge is 0.345 e. The van der Waals surface area contributed by atoms with Crippen molar-refractivity contribution in [2.45, 2.75) is 52.6 Å². The Morgan fingerprint density at radius 1 is 1.08 bits per heavy atom. The second-order valence-corrected chi connectivity index (χ2v) is 7.16. The SMILES string of the molecule is CCc1ccc(CN2CCC(Cc3nn(C)c(=O)n3CC)CC2)cc1. The highest BCUT2D eigenvalue weighted by Gasteiger charge is 2.22. The molecule has 1 saturated heterocycles. The molecule has 0 atom stereocenters. The molecule has 25 heavy (non-hydrogen) atoms. The summed E-state index contributed by atoms with van der Waals surface area (Å²) in [7, 11) is 1.74. The van der Waals surface area contributed by atoms with Crippen LogP contribution in [0.4, 0.5) is 0 Å². The van der Waals surface area contributed by atoms with Gasteiger partial charge in [-0.2, -0.15) is 5.10 Å². The summed E-state index contributed by atoms with van der Waals surface area (Å²) in [5, 5.41) is 4.43. The number of benzene rings is 1. The summed E-state index contributed by atoms with van der Waals surface area (Å²) in [6.07, 6.45) is 4.38. The van der Waals surface area contributed by atoms with Gasteiger partial charge in [-0.25, -0.2) is 9.48 Å². The van der Waals surface area contributed by atoms with E-state index < -0.39 is 0 Å². The zero-order chi connectivity index (χ0) is 17.8. The Bertz CT molecular complexity index is 736. The van der Waals surface area contributed by atoms with Crippen molar-refractivity contribution in [3.63, 3.8) is 0 Å². The summed E-state index contributed by atoms with van der Waals surface area (Å²) in [5.74, 6) is 1.58. The summed E-state index contributed by atoms with van der Waals surface area (Å²) < 4.78 is 3.27. The highest BCUT2D eigenvalue weighted by molar-refractivity contribution is 5.22. The van der Waals surface area contributed by atoms with Crippen LogP contribution < -0.4 is 5.69 Å². The van der Waals surface area contributed by atoms with Gasteiger partial charge < -0.3 is 0 Å². The normalized spacial score (nSPS) is 16.4. The maximum atomic E-state index is 12.0. The van der Waals surface area contributed by atoms with Crippen molar-refractivity contribution in [2.75, 3.05) is 13.1 Å². The van der Waals surface area contributed by atoms with Gasteiger partial charge >= 0.3 is 5.69 Å². The first-order valence-electron chi connectivity index (χ1n) is 9.53. The molecule has 2 heterocycles. The predicted molar refractivity (Wildman–Crippen MR) is 101 cm³/mol. The first-order chi connectivity index (χ1) is 12.1. The van der Waals surface area contributed by atoms with Crippen molar-refractivity contribution >= 4 is 0 Å². The molecule has 1 aromatic heterocycles. The number of hydrogen-bond donors (Lipinski definition) is 0. The average Bonchev–Trinajstić information content (AvgIpc) is 2.90. The monoisotopic (exact) mass is 342 g/mol. The van der Waals surface area contributed by atoms with Crippen LogP contribution in [0, 0.1) is 5.92 Å². The average molecular weight is 342 g/mol. The number of likely N-dealkylation sites (tertiary alicyclic amines) is 1. The van der Waals surface area contributed by atoms with E-state index >= 15 is 0 Å². The first-order valence-corrected chi connectivity index (χ1v) is 9.53. The van der Waals surface area contributed by atoms with Gasteiger partial charge in [0, 0.05) is 26.6 Å². The molecule has 0 N–H and O–H groups in total. The topological polar surface area (TPSA) is 43.1 Å². The zero-order valence-electron chi connectivity index (χ0n) is 15.7. The molecule has 0 radical (unpaired) electrons. The number of aromatic nitrogens is 3. The van der Waals surface area contributed by atoms with Gasteiger partial charge in [-0.05, 0) is 56.3 Å². The summed E-state index contributed by atoms with van der Waals surface area (Å²) >= 11 is 0. The van der Waals surface area contributed by atoms with Crippen molar-refractivity contribution in [3.05, 3.63) is 51.7 Å². The maximum absolute atomic E-state index is 12.0. The minimum absolute atomic E-state index is 0.00506.